The summed E-state index contributed by atoms with van der Waals surface area (Å²) in [4.78, 5) is 17.2. The molecule has 0 fully saturated rings. The van der Waals surface area contributed by atoms with Gasteiger partial charge in [-0.3, -0.25) is 4.99 Å². The van der Waals surface area contributed by atoms with Crippen LogP contribution in [0, 0.1) is 5.92 Å². The molecule has 0 saturated heterocycles. The molecule has 1 aromatic rings. The first-order valence-electron chi connectivity index (χ1n) is 8.06. The minimum atomic E-state index is -0.878. The molecule has 0 N–H and O–H groups in total. The molecule has 1 aromatic carbocycles. The zero-order chi connectivity index (χ0) is 17.7. The molecule has 0 heterocycles. The summed E-state index contributed by atoms with van der Waals surface area (Å²) in [5.74, 6) is 0.221. The molecule has 0 spiro atoms. The molecule has 0 aliphatic rings. The van der Waals surface area contributed by atoms with Crippen molar-refractivity contribution < 1.29 is 9.53 Å². The molecule has 1 rings (SSSR count). The van der Waals surface area contributed by atoms with Crippen LogP contribution in [0.15, 0.2) is 29.3 Å². The molecule has 1 atom stereocenters. The topological polar surface area (TPSA) is 38.7 Å². The van der Waals surface area contributed by atoms with E-state index in [4.69, 9.17) is 16.3 Å². The Bertz CT molecular complexity index is 543. The second-order valence-corrected chi connectivity index (χ2v) is 7.95. The number of halogens is 1. The highest BCUT2D eigenvalue weighted by molar-refractivity contribution is 6.30. The van der Waals surface area contributed by atoms with Gasteiger partial charge in [0.05, 0.1) is 0 Å². The zero-order valence-electron chi connectivity index (χ0n) is 15.0. The smallest absolute Gasteiger partial charge is 0.334 e. The van der Waals surface area contributed by atoms with E-state index < -0.39 is 11.1 Å². The molecule has 0 saturated carbocycles. The van der Waals surface area contributed by atoms with Crippen molar-refractivity contribution in [1.29, 1.82) is 0 Å². The molecule has 128 valence electrons. The number of carbonyl (C=O) groups excluding carboxylic acids is 1. The van der Waals surface area contributed by atoms with Gasteiger partial charge in [-0.1, -0.05) is 37.6 Å². The van der Waals surface area contributed by atoms with Gasteiger partial charge in [0.1, 0.15) is 5.60 Å². The third-order valence-electron chi connectivity index (χ3n) is 3.42. The Kier molecular flexibility index (Phi) is 6.82. The second kappa shape index (κ2) is 7.96. The Balaban J connectivity index is 2.98. The van der Waals surface area contributed by atoms with Gasteiger partial charge >= 0.3 is 5.97 Å². The number of nitrogens with zero attached hydrogens (tertiary/aromatic N) is 1. The highest BCUT2D eigenvalue weighted by Gasteiger charge is 2.36. The lowest BCUT2D eigenvalue weighted by molar-refractivity contribution is -0.161. The number of hydrogen-bond donors (Lipinski definition) is 0. The maximum Gasteiger partial charge on any atom is 0.334 e. The molecule has 0 amide bonds. The molecule has 0 aliphatic carbocycles. The van der Waals surface area contributed by atoms with Crippen LogP contribution in [0.4, 0.5) is 0 Å². The number of hydrogen-bond acceptors (Lipinski definition) is 3. The normalized spacial score (nSPS) is 15.0. The molecular formula is C19H28ClNO2. The quantitative estimate of drug-likeness (QED) is 0.522. The van der Waals surface area contributed by atoms with Gasteiger partial charge in [0.15, 0.2) is 5.54 Å². The Morgan fingerprint density at radius 3 is 2.26 bits per heavy atom. The molecule has 0 bridgehead atoms. The molecule has 1 unspecified atom stereocenters. The van der Waals surface area contributed by atoms with Crippen molar-refractivity contribution >= 4 is 23.8 Å². The molecule has 0 aliphatic heterocycles. The van der Waals surface area contributed by atoms with Gasteiger partial charge in [-0.2, -0.15) is 0 Å². The standard InChI is InChI=1S/C19H28ClNO2/c1-14(2)11-12-19(6,17(22)23-18(3,4)5)21-13-15-7-9-16(20)10-8-15/h7-10,13-14H,11-12H2,1-6H3. The average molecular weight is 338 g/mol. The highest BCUT2D eigenvalue weighted by atomic mass is 35.5. The van der Waals surface area contributed by atoms with E-state index in [0.717, 1.165) is 12.0 Å². The van der Waals surface area contributed by atoms with Gasteiger partial charge in [0.2, 0.25) is 0 Å². The first-order chi connectivity index (χ1) is 10.5. The van der Waals surface area contributed by atoms with Crippen LogP contribution in [0.3, 0.4) is 0 Å². The second-order valence-electron chi connectivity index (χ2n) is 7.52. The van der Waals surface area contributed by atoms with Crippen molar-refractivity contribution in [2.75, 3.05) is 0 Å². The van der Waals surface area contributed by atoms with Crippen LogP contribution in [0.2, 0.25) is 5.02 Å². The van der Waals surface area contributed by atoms with Gasteiger partial charge in [-0.05, 0) is 64.2 Å². The van der Waals surface area contributed by atoms with Crippen molar-refractivity contribution in [1.82, 2.24) is 0 Å². The lowest BCUT2D eigenvalue weighted by Gasteiger charge is -2.29. The van der Waals surface area contributed by atoms with Gasteiger partial charge in [0.25, 0.3) is 0 Å². The van der Waals surface area contributed by atoms with Crippen LogP contribution in [0.5, 0.6) is 0 Å². The van der Waals surface area contributed by atoms with Crippen molar-refractivity contribution in [3.8, 4) is 0 Å². The van der Waals surface area contributed by atoms with Gasteiger partial charge < -0.3 is 4.74 Å². The lowest BCUT2D eigenvalue weighted by Crippen LogP contribution is -2.40. The minimum Gasteiger partial charge on any atom is -0.458 e. The van der Waals surface area contributed by atoms with Crippen LogP contribution in [-0.4, -0.2) is 23.3 Å². The van der Waals surface area contributed by atoms with Crippen LogP contribution < -0.4 is 0 Å². The van der Waals surface area contributed by atoms with E-state index in [9.17, 15) is 4.79 Å². The predicted molar refractivity (Wildman–Crippen MR) is 97.4 cm³/mol. The summed E-state index contributed by atoms with van der Waals surface area (Å²) >= 11 is 5.89. The van der Waals surface area contributed by atoms with Crippen LogP contribution >= 0.6 is 11.6 Å². The summed E-state index contributed by atoms with van der Waals surface area (Å²) in [7, 11) is 0. The van der Waals surface area contributed by atoms with E-state index in [0.29, 0.717) is 17.4 Å². The fraction of sp³-hybridized carbons (Fsp3) is 0.579. The summed E-state index contributed by atoms with van der Waals surface area (Å²) in [6.45, 7) is 11.7. The number of rotatable bonds is 6. The summed E-state index contributed by atoms with van der Waals surface area (Å²) in [6.07, 6.45) is 3.29. The van der Waals surface area contributed by atoms with E-state index in [1.165, 1.54) is 0 Å². The largest absolute Gasteiger partial charge is 0.458 e. The highest BCUT2D eigenvalue weighted by Crippen LogP contribution is 2.25. The summed E-state index contributed by atoms with van der Waals surface area (Å²) in [5.41, 5.74) is -0.489. The third-order valence-corrected chi connectivity index (χ3v) is 3.67. The van der Waals surface area contributed by atoms with Crippen molar-refractivity contribution in [2.45, 2.75) is 65.5 Å². The molecule has 3 nitrogen and oxygen atoms in total. The minimum absolute atomic E-state index is 0.282. The van der Waals surface area contributed by atoms with E-state index in [1.807, 2.05) is 52.0 Å². The van der Waals surface area contributed by atoms with E-state index >= 15 is 0 Å². The zero-order valence-corrected chi connectivity index (χ0v) is 15.8. The summed E-state index contributed by atoms with van der Waals surface area (Å²) in [6, 6.07) is 7.37. The van der Waals surface area contributed by atoms with Crippen molar-refractivity contribution in [2.24, 2.45) is 10.9 Å². The fourth-order valence-corrected chi connectivity index (χ4v) is 2.07. The SMILES string of the molecule is CC(C)CCC(C)(N=Cc1ccc(Cl)cc1)C(=O)OC(C)(C)C. The molecule has 4 heteroatoms. The number of carbonyl (C=O) groups is 1. The first-order valence-corrected chi connectivity index (χ1v) is 8.44. The van der Waals surface area contributed by atoms with Crippen LogP contribution in [-0.2, 0) is 9.53 Å². The fourth-order valence-electron chi connectivity index (χ4n) is 1.94. The summed E-state index contributed by atoms with van der Waals surface area (Å²) < 4.78 is 5.57. The lowest BCUT2D eigenvalue weighted by atomic mass is 9.92. The Morgan fingerprint density at radius 1 is 1.22 bits per heavy atom. The Hall–Kier alpha value is -1.35. The number of aliphatic imine (C=N–C) groups is 1. The Labute approximate surface area is 145 Å². The average Bonchev–Trinajstić information content (AvgIpc) is 2.42. The number of ether oxygens (including phenoxy) is 1. The first kappa shape index (κ1) is 19.7. The monoisotopic (exact) mass is 337 g/mol. The maximum atomic E-state index is 12.6. The Morgan fingerprint density at radius 2 is 1.78 bits per heavy atom. The summed E-state index contributed by atoms with van der Waals surface area (Å²) in [5, 5.41) is 0.678. The van der Waals surface area contributed by atoms with Gasteiger partial charge in [0, 0.05) is 11.2 Å². The van der Waals surface area contributed by atoms with E-state index in [-0.39, 0.29) is 5.97 Å². The van der Waals surface area contributed by atoms with Gasteiger partial charge in [-0.15, -0.1) is 0 Å². The number of esters is 1. The molecule has 0 aromatic heterocycles. The predicted octanol–water partition coefficient (Wildman–Crippen LogP) is 5.30. The molecular weight excluding hydrogens is 310 g/mol. The van der Waals surface area contributed by atoms with E-state index in [1.54, 1.807) is 6.21 Å². The van der Waals surface area contributed by atoms with Crippen molar-refractivity contribution in [3.63, 3.8) is 0 Å². The van der Waals surface area contributed by atoms with Gasteiger partial charge in [-0.25, -0.2) is 4.79 Å². The van der Waals surface area contributed by atoms with Crippen LogP contribution in [0.1, 0.15) is 59.9 Å². The molecule has 0 radical (unpaired) electrons. The maximum absolute atomic E-state index is 12.6. The van der Waals surface area contributed by atoms with Crippen LogP contribution in [0.25, 0.3) is 0 Å². The third kappa shape index (κ3) is 7.17. The van der Waals surface area contributed by atoms with Crippen molar-refractivity contribution in [3.05, 3.63) is 34.9 Å². The number of benzene rings is 1. The molecule has 23 heavy (non-hydrogen) atoms. The van der Waals surface area contributed by atoms with E-state index in [2.05, 4.69) is 18.8 Å².